The molecule has 0 N–H and O–H groups in total. The van der Waals surface area contributed by atoms with Crippen molar-refractivity contribution in [2.24, 2.45) is 17.3 Å². The molecule has 3 unspecified atom stereocenters. The summed E-state index contributed by atoms with van der Waals surface area (Å²) in [5, 5.41) is 0. The average molecular weight is 377 g/mol. The highest BCUT2D eigenvalue weighted by molar-refractivity contribution is 5.71. The number of carbonyl (C=O) groups is 3. The van der Waals surface area contributed by atoms with E-state index in [1.807, 2.05) is 0 Å². The largest absolute Gasteiger partial charge is 0.303 e. The second-order valence-electron chi connectivity index (χ2n) is 7.83. The van der Waals surface area contributed by atoms with Crippen molar-refractivity contribution in [3.63, 3.8) is 0 Å². The maximum absolute atomic E-state index is 11.1. The van der Waals surface area contributed by atoms with Crippen molar-refractivity contribution in [3.8, 4) is 0 Å². The molecule has 154 valence electrons. The van der Waals surface area contributed by atoms with Gasteiger partial charge in [-0.05, 0) is 55.9 Å². The molecule has 0 aliphatic heterocycles. The van der Waals surface area contributed by atoms with Gasteiger partial charge in [0, 0.05) is 11.8 Å². The van der Waals surface area contributed by atoms with Gasteiger partial charge in [-0.1, -0.05) is 65.2 Å². The molecule has 0 radical (unpaired) electrons. The van der Waals surface area contributed by atoms with E-state index in [1.54, 1.807) is 0 Å². The summed E-state index contributed by atoms with van der Waals surface area (Å²) in [4.78, 5) is 30.7. The van der Waals surface area contributed by atoms with Crippen LogP contribution in [-0.4, -0.2) is 18.9 Å². The van der Waals surface area contributed by atoms with Gasteiger partial charge in [0.05, 0.1) is 0 Å². The summed E-state index contributed by atoms with van der Waals surface area (Å²) in [6.07, 6.45) is 19.4. The molecule has 0 saturated heterocycles. The van der Waals surface area contributed by atoms with Crippen LogP contribution in [0.1, 0.15) is 91.4 Å². The normalized spacial score (nSPS) is 24.3. The fourth-order valence-corrected chi connectivity index (χ4v) is 3.88. The number of aldehydes is 3. The lowest BCUT2D eigenvalue weighted by Gasteiger charge is -2.29. The number of fused-ring (bicyclic) bond motifs is 2. The highest BCUT2D eigenvalue weighted by Crippen LogP contribution is 2.53. The number of hydrogen-bond donors (Lipinski definition) is 0. The molecule has 27 heavy (non-hydrogen) atoms. The third-order valence-electron chi connectivity index (χ3n) is 5.45. The summed E-state index contributed by atoms with van der Waals surface area (Å²) in [6, 6.07) is 0. The van der Waals surface area contributed by atoms with Crippen LogP contribution in [0.25, 0.3) is 0 Å². The van der Waals surface area contributed by atoms with E-state index in [-0.39, 0.29) is 5.41 Å². The van der Waals surface area contributed by atoms with E-state index >= 15 is 0 Å². The van der Waals surface area contributed by atoms with E-state index < -0.39 is 0 Å². The first-order valence-electron chi connectivity index (χ1n) is 10.7. The van der Waals surface area contributed by atoms with Crippen molar-refractivity contribution in [2.75, 3.05) is 0 Å². The first kappa shape index (κ1) is 25.5. The van der Waals surface area contributed by atoms with Crippen molar-refractivity contribution in [2.45, 2.75) is 91.4 Å². The summed E-state index contributed by atoms with van der Waals surface area (Å²) in [6.45, 7) is 9.94. The zero-order valence-corrected chi connectivity index (χ0v) is 17.8. The highest BCUT2D eigenvalue weighted by Gasteiger charge is 2.47. The fraction of sp³-hybridized carbons (Fsp3) is 0.708. The third-order valence-corrected chi connectivity index (χ3v) is 5.45. The van der Waals surface area contributed by atoms with Crippen LogP contribution in [0.3, 0.4) is 0 Å². The highest BCUT2D eigenvalue weighted by atomic mass is 16.1. The number of allylic oxidation sites excluding steroid dienone is 3. The van der Waals surface area contributed by atoms with E-state index in [0.29, 0.717) is 17.4 Å². The van der Waals surface area contributed by atoms with Gasteiger partial charge in [0.1, 0.15) is 18.9 Å². The minimum atomic E-state index is 0.0359. The minimum Gasteiger partial charge on any atom is -0.303 e. The summed E-state index contributed by atoms with van der Waals surface area (Å²) < 4.78 is 0. The molecule has 3 heteroatoms. The Morgan fingerprint density at radius 1 is 1.04 bits per heavy atom. The van der Waals surface area contributed by atoms with Crippen molar-refractivity contribution < 1.29 is 14.4 Å². The van der Waals surface area contributed by atoms with E-state index in [1.165, 1.54) is 25.5 Å². The maximum atomic E-state index is 11.1. The molecule has 0 amide bonds. The Balaban J connectivity index is 0.000000399. The number of hydrogen-bond acceptors (Lipinski definition) is 3. The smallest absolute Gasteiger partial charge is 0.145 e. The van der Waals surface area contributed by atoms with Gasteiger partial charge in [0.25, 0.3) is 0 Å². The van der Waals surface area contributed by atoms with Crippen LogP contribution >= 0.6 is 0 Å². The molecule has 2 rings (SSSR count). The standard InChI is InChI=1S/C11H16O.C7H12O.C6H12O/c1-2-5-11(8-12)7-9-3-4-10(11)6-9;1-3-4-5-7(2)6-8;1-2-3-4-5-6-7/h3-4,8-10H,2,5-7H2,1H3;6H,2-5H2,1H3;6H,2-5H2,1H3. The average Bonchev–Trinajstić information content (AvgIpc) is 3.29. The minimum absolute atomic E-state index is 0.0359. The topological polar surface area (TPSA) is 51.2 Å². The van der Waals surface area contributed by atoms with Gasteiger partial charge in [-0.2, -0.15) is 0 Å². The van der Waals surface area contributed by atoms with Crippen molar-refractivity contribution in [3.05, 3.63) is 24.3 Å². The molecule has 0 heterocycles. The van der Waals surface area contributed by atoms with Crippen LogP contribution in [0.2, 0.25) is 0 Å². The Labute approximate surface area is 166 Å². The maximum Gasteiger partial charge on any atom is 0.145 e. The summed E-state index contributed by atoms with van der Waals surface area (Å²) in [5.41, 5.74) is 0.751. The molecular weight excluding hydrogens is 336 g/mol. The monoisotopic (exact) mass is 376 g/mol. The van der Waals surface area contributed by atoms with Gasteiger partial charge in [0.15, 0.2) is 0 Å². The molecule has 1 fully saturated rings. The van der Waals surface area contributed by atoms with Crippen molar-refractivity contribution in [1.29, 1.82) is 0 Å². The van der Waals surface area contributed by atoms with Crippen molar-refractivity contribution >= 4 is 18.9 Å². The summed E-state index contributed by atoms with van der Waals surface area (Å²) >= 11 is 0. The summed E-state index contributed by atoms with van der Waals surface area (Å²) in [7, 11) is 0. The van der Waals surface area contributed by atoms with E-state index in [9.17, 15) is 14.4 Å². The third kappa shape index (κ3) is 9.83. The summed E-state index contributed by atoms with van der Waals surface area (Å²) in [5.74, 6) is 1.28. The lowest BCUT2D eigenvalue weighted by atomic mass is 9.74. The second-order valence-corrected chi connectivity index (χ2v) is 7.83. The zero-order chi connectivity index (χ0) is 20.5. The lowest BCUT2D eigenvalue weighted by Crippen LogP contribution is -2.27. The van der Waals surface area contributed by atoms with Crippen LogP contribution in [0, 0.1) is 17.3 Å². The predicted octanol–water partition coefficient (Wildman–Crippen LogP) is 6.27. The van der Waals surface area contributed by atoms with Gasteiger partial charge in [0.2, 0.25) is 0 Å². The number of carbonyl (C=O) groups excluding carboxylic acids is 3. The Morgan fingerprint density at radius 2 is 1.74 bits per heavy atom. The molecule has 0 aromatic heterocycles. The molecule has 3 nitrogen and oxygen atoms in total. The predicted molar refractivity (Wildman–Crippen MR) is 114 cm³/mol. The quantitative estimate of drug-likeness (QED) is 0.185. The molecule has 3 atom stereocenters. The molecule has 2 aliphatic carbocycles. The molecule has 0 aromatic rings. The van der Waals surface area contributed by atoms with Crippen LogP contribution in [-0.2, 0) is 14.4 Å². The van der Waals surface area contributed by atoms with E-state index in [0.717, 1.165) is 63.9 Å². The Hall–Kier alpha value is -1.51. The molecule has 2 aliphatic rings. The lowest BCUT2D eigenvalue weighted by molar-refractivity contribution is -0.118. The zero-order valence-electron chi connectivity index (χ0n) is 17.8. The van der Waals surface area contributed by atoms with E-state index in [4.69, 9.17) is 0 Å². The van der Waals surface area contributed by atoms with Crippen molar-refractivity contribution in [1.82, 2.24) is 0 Å². The van der Waals surface area contributed by atoms with Gasteiger partial charge in [-0.25, -0.2) is 0 Å². The first-order chi connectivity index (χ1) is 13.0. The second kappa shape index (κ2) is 15.5. The molecular formula is C24H40O3. The van der Waals surface area contributed by atoms with Crippen LogP contribution in [0.15, 0.2) is 24.3 Å². The van der Waals surface area contributed by atoms with Gasteiger partial charge in [-0.3, -0.25) is 4.79 Å². The molecule has 2 bridgehead atoms. The number of rotatable bonds is 11. The number of unbranched alkanes of at least 4 members (excludes halogenated alkanes) is 4. The Bertz CT molecular complexity index is 466. The van der Waals surface area contributed by atoms with Gasteiger partial charge in [-0.15, -0.1) is 0 Å². The fourth-order valence-electron chi connectivity index (χ4n) is 3.88. The Kier molecular flexibility index (Phi) is 14.7. The van der Waals surface area contributed by atoms with Gasteiger partial charge < -0.3 is 9.59 Å². The van der Waals surface area contributed by atoms with Crippen LogP contribution in [0.4, 0.5) is 0 Å². The Morgan fingerprint density at radius 3 is 2.15 bits per heavy atom. The van der Waals surface area contributed by atoms with Crippen LogP contribution in [0.5, 0.6) is 0 Å². The van der Waals surface area contributed by atoms with Gasteiger partial charge >= 0.3 is 0 Å². The molecule has 0 aromatic carbocycles. The SMILES string of the molecule is C=C(C=O)CCCC.CCCC1(C=O)CC2C=CC1C2.CCCCCC=O. The molecule has 0 spiro atoms. The van der Waals surface area contributed by atoms with Crippen LogP contribution < -0.4 is 0 Å². The first-order valence-corrected chi connectivity index (χ1v) is 10.7. The van der Waals surface area contributed by atoms with E-state index in [2.05, 4.69) is 39.5 Å². The molecule has 1 saturated carbocycles.